The number of aryl methyl sites for hydroxylation is 3. The van der Waals surface area contributed by atoms with Crippen molar-refractivity contribution < 1.29 is 9.36 Å². The van der Waals surface area contributed by atoms with Gasteiger partial charge in [0.05, 0.1) is 0 Å². The van der Waals surface area contributed by atoms with Gasteiger partial charge >= 0.3 is 7.80 Å². The molecule has 0 aromatic heterocycles. The van der Waals surface area contributed by atoms with Gasteiger partial charge in [0, 0.05) is 18.4 Å². The van der Waals surface area contributed by atoms with E-state index in [1.54, 1.807) is 0 Å². The van der Waals surface area contributed by atoms with Gasteiger partial charge in [0.2, 0.25) is 10.9 Å². The maximum atomic E-state index is 13.6. The Bertz CT molecular complexity index is 609. The second kappa shape index (κ2) is 6.48. The van der Waals surface area contributed by atoms with Crippen molar-refractivity contribution in [2.75, 3.05) is 0 Å². The Morgan fingerprint density at radius 1 is 1.00 bits per heavy atom. The van der Waals surface area contributed by atoms with Crippen LogP contribution in [0.4, 0.5) is 0 Å². The third-order valence-corrected chi connectivity index (χ3v) is 7.65. The average Bonchev–Trinajstić information content (AvgIpc) is 2.45. The minimum atomic E-state index is -1.62. The molecule has 0 N–H and O–H groups in total. The molecule has 126 valence electrons. The Labute approximate surface area is 141 Å². The number of hydrogen-bond acceptors (Lipinski definition) is 2. The van der Waals surface area contributed by atoms with E-state index < -0.39 is 13.0 Å². The van der Waals surface area contributed by atoms with Gasteiger partial charge in [0.25, 0.3) is 0 Å². The van der Waals surface area contributed by atoms with Crippen LogP contribution in [-0.4, -0.2) is 16.1 Å². The molecule has 2 nitrogen and oxygen atoms in total. The van der Waals surface area contributed by atoms with Crippen LogP contribution in [0.25, 0.3) is 0 Å². The minimum absolute atomic E-state index is 0.128. The number of rotatable bonds is 3. The summed E-state index contributed by atoms with van der Waals surface area (Å²) >= 11 is 0. The van der Waals surface area contributed by atoms with Crippen LogP contribution in [-0.2, 0) is 4.57 Å². The van der Waals surface area contributed by atoms with E-state index in [0.29, 0.717) is 0 Å². The second-order valence-corrected chi connectivity index (χ2v) is 10.9. The van der Waals surface area contributed by atoms with E-state index in [-0.39, 0.29) is 10.9 Å². The first kappa shape index (κ1) is 18.3. The van der Waals surface area contributed by atoms with E-state index in [9.17, 15) is 9.36 Å². The lowest BCUT2D eigenvalue weighted by Crippen LogP contribution is -2.41. The van der Waals surface area contributed by atoms with Crippen LogP contribution in [0.5, 0.6) is 0 Å². The first-order chi connectivity index (χ1) is 10.6. The number of carbonyl (C=O) groups is 1. The molecule has 0 bridgehead atoms. The first-order valence-electron chi connectivity index (χ1n) is 8.70. The fourth-order valence-corrected chi connectivity index (χ4v) is 6.37. The molecule has 0 amide bonds. The summed E-state index contributed by atoms with van der Waals surface area (Å²) in [6, 6.07) is 4.14. The third-order valence-electron chi connectivity index (χ3n) is 5.01. The molecular weight excluding hydrogens is 303 g/mol. The highest BCUT2D eigenvalue weighted by atomic mass is 31.1. The molecule has 0 radical (unpaired) electrons. The fraction of sp³-hybridized carbons (Fsp3) is 0.650. The van der Waals surface area contributed by atoms with Gasteiger partial charge in [-0.3, -0.25) is 4.79 Å². The third kappa shape index (κ3) is 3.43. The molecule has 0 aliphatic heterocycles. The van der Waals surface area contributed by atoms with E-state index in [1.807, 2.05) is 34.6 Å². The molecule has 0 heterocycles. The van der Waals surface area contributed by atoms with Crippen molar-refractivity contribution in [2.24, 2.45) is 0 Å². The first-order valence-corrected chi connectivity index (χ1v) is 9.96. The smallest absolute Gasteiger partial charge is 0.289 e. The summed E-state index contributed by atoms with van der Waals surface area (Å²) < 4.78 is 13.4. The summed E-state index contributed by atoms with van der Waals surface area (Å²) in [5.74, 6) is 0.128. The molecule has 23 heavy (non-hydrogen) atoms. The predicted octanol–water partition coefficient (Wildman–Crippen LogP) is 6.12. The molecule has 0 spiro atoms. The maximum Gasteiger partial charge on any atom is 0.358 e. The number of ketones is 1. The summed E-state index contributed by atoms with van der Waals surface area (Å²) in [7, 11) is -1.62. The molecule has 1 atom stereocenters. The van der Waals surface area contributed by atoms with E-state index in [2.05, 4.69) is 19.1 Å². The summed E-state index contributed by atoms with van der Waals surface area (Å²) in [6.07, 6.45) is 4.70. The Kier molecular flexibility index (Phi) is 5.16. The monoisotopic (exact) mass is 333 g/mol. The molecule has 1 unspecified atom stereocenters. The molecule has 1 aromatic rings. The molecule has 1 aliphatic carbocycles. The van der Waals surface area contributed by atoms with Gasteiger partial charge in [-0.1, -0.05) is 28.7 Å². The highest BCUT2D eigenvalue weighted by molar-refractivity contribution is 7.49. The Hall–Kier alpha value is -1.01. The predicted molar refractivity (Wildman–Crippen MR) is 98.2 cm³/mol. The fourth-order valence-electron chi connectivity index (χ4n) is 4.07. The van der Waals surface area contributed by atoms with Gasteiger partial charge in [-0.15, -0.1) is 0 Å². The standard InChI is InChI=1S/C20H30O2P/c1-14-12-15(2)17(16(3)13-14)18(21)20(10-8-7-9-11-20)23(22)19(4,5)6/h12-13H,7-11H2,1-6H3/q+1. The largest absolute Gasteiger partial charge is 0.358 e. The van der Waals surface area contributed by atoms with Crippen LogP contribution in [0, 0.1) is 20.8 Å². The van der Waals surface area contributed by atoms with E-state index in [1.165, 1.54) is 5.56 Å². The van der Waals surface area contributed by atoms with Crippen molar-refractivity contribution in [3.05, 3.63) is 34.4 Å². The van der Waals surface area contributed by atoms with Gasteiger partial charge in [-0.2, -0.15) is 0 Å². The number of benzene rings is 1. The quantitative estimate of drug-likeness (QED) is 0.493. The Morgan fingerprint density at radius 3 is 1.91 bits per heavy atom. The van der Waals surface area contributed by atoms with Gasteiger partial charge < -0.3 is 0 Å². The number of carbonyl (C=O) groups excluding carboxylic acids is 1. The zero-order valence-corrected chi connectivity index (χ0v) is 16.3. The van der Waals surface area contributed by atoms with Crippen molar-refractivity contribution in [3.8, 4) is 0 Å². The molecule has 1 saturated carbocycles. The van der Waals surface area contributed by atoms with Crippen LogP contribution in [0.1, 0.15) is 79.9 Å². The van der Waals surface area contributed by atoms with Crippen molar-refractivity contribution in [1.82, 2.24) is 0 Å². The summed E-state index contributed by atoms with van der Waals surface area (Å²) in [4.78, 5) is 13.6. The highest BCUT2D eigenvalue weighted by Crippen LogP contribution is 2.57. The summed E-state index contributed by atoms with van der Waals surface area (Å²) in [5, 5.41) is -1.01. The Morgan fingerprint density at radius 2 is 1.48 bits per heavy atom. The summed E-state index contributed by atoms with van der Waals surface area (Å²) in [5.41, 5.74) is 4.03. The molecule has 2 rings (SSSR count). The number of Topliss-reactive ketones (excluding diaryl/α,β-unsaturated/α-hetero) is 1. The van der Waals surface area contributed by atoms with E-state index >= 15 is 0 Å². The topological polar surface area (TPSA) is 34.1 Å². The van der Waals surface area contributed by atoms with Crippen LogP contribution in [0.3, 0.4) is 0 Å². The van der Waals surface area contributed by atoms with Crippen LogP contribution < -0.4 is 0 Å². The van der Waals surface area contributed by atoms with Crippen LogP contribution >= 0.6 is 7.80 Å². The summed E-state index contributed by atoms with van der Waals surface area (Å²) in [6.45, 7) is 12.1. The van der Waals surface area contributed by atoms with Crippen molar-refractivity contribution in [1.29, 1.82) is 0 Å². The second-order valence-electron chi connectivity index (χ2n) is 8.16. The zero-order valence-electron chi connectivity index (χ0n) is 15.5. The molecular formula is C20H30O2P+. The van der Waals surface area contributed by atoms with Gasteiger partial charge in [-0.25, -0.2) is 0 Å². The molecule has 1 aromatic carbocycles. The van der Waals surface area contributed by atoms with E-state index in [4.69, 9.17) is 0 Å². The van der Waals surface area contributed by atoms with Crippen molar-refractivity contribution >= 4 is 13.6 Å². The minimum Gasteiger partial charge on any atom is -0.289 e. The van der Waals surface area contributed by atoms with Gasteiger partial charge in [-0.05, 0) is 65.5 Å². The van der Waals surface area contributed by atoms with Crippen molar-refractivity contribution in [2.45, 2.75) is 84.0 Å². The molecule has 0 saturated heterocycles. The highest BCUT2D eigenvalue weighted by Gasteiger charge is 2.60. The average molecular weight is 333 g/mol. The SMILES string of the molecule is Cc1cc(C)c(C(=O)C2([P+](=O)C(C)(C)C)CCCCC2)c(C)c1. The Balaban J connectivity index is 2.57. The number of hydrogen-bond donors (Lipinski definition) is 0. The van der Waals surface area contributed by atoms with Gasteiger partial charge in [0.15, 0.2) is 5.16 Å². The maximum absolute atomic E-state index is 13.6. The molecule has 1 fully saturated rings. The molecule has 1 aliphatic rings. The normalized spacial score (nSPS) is 18.6. The van der Waals surface area contributed by atoms with Crippen LogP contribution in [0.2, 0.25) is 0 Å². The lowest BCUT2D eigenvalue weighted by Gasteiger charge is -2.31. The zero-order chi connectivity index (χ0) is 17.4. The van der Waals surface area contributed by atoms with Crippen LogP contribution in [0.15, 0.2) is 12.1 Å². The van der Waals surface area contributed by atoms with Gasteiger partial charge in [0.1, 0.15) is 0 Å². The lowest BCUT2D eigenvalue weighted by atomic mass is 9.80. The van der Waals surface area contributed by atoms with Crippen molar-refractivity contribution in [3.63, 3.8) is 0 Å². The molecule has 3 heteroatoms. The lowest BCUT2D eigenvalue weighted by molar-refractivity contribution is 0.0909. The van der Waals surface area contributed by atoms with E-state index in [0.717, 1.165) is 48.8 Å².